The number of halogens is 1. The number of nitrogens with zero attached hydrogens (tertiary/aromatic N) is 1. The number of thioether (sulfide) groups is 1. The second-order valence-electron chi connectivity index (χ2n) is 5.45. The summed E-state index contributed by atoms with van der Waals surface area (Å²) in [5.41, 5.74) is 1.11. The first-order valence-corrected chi connectivity index (χ1v) is 8.77. The zero-order valence-electron chi connectivity index (χ0n) is 13.5. The number of hydrogen-bond acceptors (Lipinski definition) is 6. The Morgan fingerprint density at radius 2 is 2.08 bits per heavy atom. The number of amides is 2. The van der Waals surface area contributed by atoms with Gasteiger partial charge < -0.3 is 14.2 Å². The van der Waals surface area contributed by atoms with E-state index in [2.05, 4.69) is 0 Å². The summed E-state index contributed by atoms with van der Waals surface area (Å²) in [6.07, 6.45) is 1.62. The fourth-order valence-corrected chi connectivity index (χ4v) is 3.72. The molecule has 1 fully saturated rings. The summed E-state index contributed by atoms with van der Waals surface area (Å²) in [5, 5.41) is 0.0715. The molecule has 2 heterocycles. The van der Waals surface area contributed by atoms with E-state index in [1.165, 1.54) is 7.11 Å². The van der Waals surface area contributed by atoms with Gasteiger partial charge in [0.1, 0.15) is 0 Å². The van der Waals surface area contributed by atoms with Crippen molar-refractivity contribution < 1.29 is 23.8 Å². The van der Waals surface area contributed by atoms with Crippen LogP contribution in [0.3, 0.4) is 0 Å². The van der Waals surface area contributed by atoms with Crippen molar-refractivity contribution in [2.75, 3.05) is 18.8 Å². The van der Waals surface area contributed by atoms with Crippen LogP contribution in [0.2, 0.25) is 5.02 Å². The fraction of sp³-hybridized carbons (Fsp3) is 0.111. The number of carbonyl (C=O) groups is 2. The average Bonchev–Trinajstić information content (AvgIpc) is 3.19. The highest BCUT2D eigenvalue weighted by molar-refractivity contribution is 8.19. The minimum atomic E-state index is -0.404. The van der Waals surface area contributed by atoms with Crippen molar-refractivity contribution in [2.24, 2.45) is 0 Å². The van der Waals surface area contributed by atoms with Gasteiger partial charge in [-0.1, -0.05) is 17.7 Å². The van der Waals surface area contributed by atoms with Crippen molar-refractivity contribution in [2.45, 2.75) is 0 Å². The average molecular weight is 390 g/mol. The molecule has 0 aliphatic carbocycles. The Labute approximate surface area is 158 Å². The number of anilines is 1. The number of carbonyl (C=O) groups excluding carboxylic acids is 2. The third-order valence-corrected chi connectivity index (χ3v) is 4.94. The van der Waals surface area contributed by atoms with Crippen molar-refractivity contribution in [3.05, 3.63) is 51.9 Å². The first-order valence-electron chi connectivity index (χ1n) is 7.58. The van der Waals surface area contributed by atoms with Crippen molar-refractivity contribution >= 4 is 46.3 Å². The molecule has 26 heavy (non-hydrogen) atoms. The van der Waals surface area contributed by atoms with E-state index in [0.29, 0.717) is 38.4 Å². The number of methoxy groups -OCH3 is 1. The standard InChI is InChI=1S/C18H12ClNO5S/c1-23-13-5-10(6-14-16(13)25-9-24-14)7-15-17(21)20(18(22)26-15)12-4-2-3-11(19)8-12/h2-8H,9H2,1H3/b15-7+. The molecule has 0 unspecified atom stereocenters. The highest BCUT2D eigenvalue weighted by Gasteiger charge is 2.36. The van der Waals surface area contributed by atoms with Crippen LogP contribution in [0.4, 0.5) is 10.5 Å². The van der Waals surface area contributed by atoms with Gasteiger partial charge in [0.25, 0.3) is 11.1 Å². The maximum absolute atomic E-state index is 12.7. The summed E-state index contributed by atoms with van der Waals surface area (Å²) in [7, 11) is 1.52. The molecular weight excluding hydrogens is 378 g/mol. The zero-order chi connectivity index (χ0) is 18.3. The monoisotopic (exact) mass is 389 g/mol. The number of ether oxygens (including phenoxy) is 3. The zero-order valence-corrected chi connectivity index (χ0v) is 15.1. The molecule has 2 aromatic rings. The molecule has 6 nitrogen and oxygen atoms in total. The highest BCUT2D eigenvalue weighted by atomic mass is 35.5. The second kappa shape index (κ2) is 6.59. The molecule has 132 valence electrons. The van der Waals surface area contributed by atoms with Gasteiger partial charge in [-0.2, -0.15) is 0 Å². The van der Waals surface area contributed by atoms with Crippen LogP contribution < -0.4 is 19.1 Å². The predicted molar refractivity (Wildman–Crippen MR) is 99.0 cm³/mol. The van der Waals surface area contributed by atoms with Gasteiger partial charge in [0.05, 0.1) is 17.7 Å². The Morgan fingerprint density at radius 1 is 1.23 bits per heavy atom. The molecule has 0 N–H and O–H groups in total. The second-order valence-corrected chi connectivity index (χ2v) is 6.88. The molecule has 0 bridgehead atoms. The molecule has 0 atom stereocenters. The molecule has 2 aliphatic rings. The lowest BCUT2D eigenvalue weighted by molar-refractivity contribution is -0.113. The Kier molecular flexibility index (Phi) is 4.26. The van der Waals surface area contributed by atoms with Gasteiger partial charge in [-0.25, -0.2) is 4.90 Å². The lowest BCUT2D eigenvalue weighted by Gasteiger charge is -2.12. The van der Waals surface area contributed by atoms with Gasteiger partial charge in [0, 0.05) is 5.02 Å². The first-order chi connectivity index (χ1) is 12.6. The van der Waals surface area contributed by atoms with Gasteiger partial charge in [0.2, 0.25) is 12.5 Å². The Bertz CT molecular complexity index is 959. The first kappa shape index (κ1) is 16.8. The molecule has 8 heteroatoms. The Morgan fingerprint density at radius 3 is 2.85 bits per heavy atom. The van der Waals surface area contributed by atoms with Crippen molar-refractivity contribution in [1.82, 2.24) is 0 Å². The molecule has 2 aliphatic heterocycles. The van der Waals surface area contributed by atoms with Crippen LogP contribution in [0.15, 0.2) is 41.3 Å². The summed E-state index contributed by atoms with van der Waals surface area (Å²) in [6, 6.07) is 10.1. The lowest BCUT2D eigenvalue weighted by atomic mass is 10.1. The van der Waals surface area contributed by atoms with Crippen LogP contribution >= 0.6 is 23.4 Å². The molecule has 2 aromatic carbocycles. The Balaban J connectivity index is 1.69. The van der Waals surface area contributed by atoms with Crippen LogP contribution in [0.1, 0.15) is 5.56 Å². The summed E-state index contributed by atoms with van der Waals surface area (Å²) in [4.78, 5) is 26.4. The van der Waals surface area contributed by atoms with Crippen molar-refractivity contribution in [3.8, 4) is 17.2 Å². The van der Waals surface area contributed by atoms with E-state index >= 15 is 0 Å². The number of benzene rings is 2. The van der Waals surface area contributed by atoms with Crippen LogP contribution in [0.25, 0.3) is 6.08 Å². The van der Waals surface area contributed by atoms with Crippen molar-refractivity contribution in [3.63, 3.8) is 0 Å². The van der Waals surface area contributed by atoms with Gasteiger partial charge in [0.15, 0.2) is 11.5 Å². The lowest BCUT2D eigenvalue weighted by Crippen LogP contribution is -2.27. The summed E-state index contributed by atoms with van der Waals surface area (Å²) in [5.74, 6) is 1.15. The van der Waals surface area contributed by atoms with Crippen LogP contribution in [-0.2, 0) is 4.79 Å². The van der Waals surface area contributed by atoms with E-state index in [9.17, 15) is 9.59 Å². The maximum atomic E-state index is 12.7. The molecule has 0 spiro atoms. The van der Waals surface area contributed by atoms with E-state index in [1.54, 1.807) is 42.5 Å². The van der Waals surface area contributed by atoms with E-state index < -0.39 is 5.91 Å². The molecule has 0 aromatic heterocycles. The third-order valence-electron chi connectivity index (χ3n) is 3.84. The number of fused-ring (bicyclic) bond motifs is 1. The van der Waals surface area contributed by atoms with E-state index in [-0.39, 0.29) is 12.0 Å². The van der Waals surface area contributed by atoms with Gasteiger partial charge in [-0.05, 0) is 53.7 Å². The molecule has 2 amide bonds. The SMILES string of the molecule is COc1cc(/C=C2/SC(=O)N(c3cccc(Cl)c3)C2=O)cc2c1OCO2. The van der Waals surface area contributed by atoms with E-state index in [0.717, 1.165) is 16.7 Å². The largest absolute Gasteiger partial charge is 0.493 e. The maximum Gasteiger partial charge on any atom is 0.298 e. The van der Waals surface area contributed by atoms with Gasteiger partial charge in [-0.3, -0.25) is 9.59 Å². The fourth-order valence-electron chi connectivity index (χ4n) is 2.69. The van der Waals surface area contributed by atoms with Crippen molar-refractivity contribution in [1.29, 1.82) is 0 Å². The minimum Gasteiger partial charge on any atom is -0.493 e. The number of rotatable bonds is 3. The Hall–Kier alpha value is -2.64. The number of hydrogen-bond donors (Lipinski definition) is 0. The predicted octanol–water partition coefficient (Wildman–Crippen LogP) is 4.32. The van der Waals surface area contributed by atoms with Gasteiger partial charge in [-0.15, -0.1) is 0 Å². The summed E-state index contributed by atoms with van der Waals surface area (Å²) >= 11 is 6.83. The van der Waals surface area contributed by atoms with E-state index in [4.69, 9.17) is 25.8 Å². The smallest absolute Gasteiger partial charge is 0.298 e. The minimum absolute atomic E-state index is 0.112. The molecule has 0 radical (unpaired) electrons. The van der Waals surface area contributed by atoms with Crippen LogP contribution in [0.5, 0.6) is 17.2 Å². The van der Waals surface area contributed by atoms with Gasteiger partial charge >= 0.3 is 0 Å². The molecule has 0 saturated carbocycles. The quantitative estimate of drug-likeness (QED) is 0.728. The molecular formula is C18H12ClNO5S. The number of imide groups is 1. The van der Waals surface area contributed by atoms with E-state index in [1.807, 2.05) is 0 Å². The molecule has 1 saturated heterocycles. The normalized spacial score (nSPS) is 17.3. The summed E-state index contributed by atoms with van der Waals surface area (Å²) < 4.78 is 16.0. The topological polar surface area (TPSA) is 65.1 Å². The highest BCUT2D eigenvalue weighted by Crippen LogP contribution is 2.43. The van der Waals surface area contributed by atoms with Crippen LogP contribution in [-0.4, -0.2) is 25.0 Å². The van der Waals surface area contributed by atoms with Crippen LogP contribution in [0, 0.1) is 0 Å². The third kappa shape index (κ3) is 2.89. The summed E-state index contributed by atoms with van der Waals surface area (Å²) in [6.45, 7) is 0.112. The molecule has 4 rings (SSSR count).